The van der Waals surface area contributed by atoms with Crippen molar-refractivity contribution in [2.45, 2.75) is 25.3 Å². The van der Waals surface area contributed by atoms with Crippen LogP contribution in [0, 0.1) is 11.6 Å². The molecule has 4 rings (SSSR count). The largest absolute Gasteiger partial charge is 0.307 e. The number of likely N-dealkylation sites (tertiary alicyclic amines) is 1. The third-order valence-corrected chi connectivity index (χ3v) is 5.08. The molecular formula is C21H20F2N4O. The number of pyridine rings is 1. The topological polar surface area (TPSA) is 61.9 Å². The van der Waals surface area contributed by atoms with E-state index in [2.05, 4.69) is 15.0 Å². The number of nitrogens with one attached hydrogen (secondary N) is 1. The van der Waals surface area contributed by atoms with E-state index < -0.39 is 11.6 Å². The molecule has 7 heteroatoms. The Balaban J connectivity index is 1.57. The predicted molar refractivity (Wildman–Crippen MR) is 102 cm³/mol. The van der Waals surface area contributed by atoms with Gasteiger partial charge in [0.1, 0.15) is 17.5 Å². The van der Waals surface area contributed by atoms with Crippen molar-refractivity contribution < 1.29 is 8.78 Å². The van der Waals surface area contributed by atoms with E-state index in [9.17, 15) is 13.6 Å². The lowest BCUT2D eigenvalue weighted by atomic mass is 9.94. The van der Waals surface area contributed by atoms with Crippen molar-refractivity contribution in [1.82, 2.24) is 19.9 Å². The third kappa shape index (κ3) is 3.99. The van der Waals surface area contributed by atoms with Gasteiger partial charge in [-0.25, -0.2) is 13.8 Å². The summed E-state index contributed by atoms with van der Waals surface area (Å²) in [6.45, 7) is 1.56. The fraction of sp³-hybridized carbons (Fsp3) is 0.286. The van der Waals surface area contributed by atoms with Crippen molar-refractivity contribution in [1.29, 1.82) is 0 Å². The van der Waals surface area contributed by atoms with Gasteiger partial charge >= 0.3 is 0 Å². The summed E-state index contributed by atoms with van der Waals surface area (Å²) in [5, 5.41) is 0. The summed E-state index contributed by atoms with van der Waals surface area (Å²) in [4.78, 5) is 25.6. The Bertz CT molecular complexity index is 1000. The molecular weight excluding hydrogens is 362 g/mol. The minimum Gasteiger partial charge on any atom is -0.307 e. The lowest BCUT2D eigenvalue weighted by Gasteiger charge is -2.32. The standard InChI is InChI=1S/C21H20F2N4O/c22-17-4-1-5-18(23)16(17)13-27-10-2-3-15(12-27)19-11-20(28)26-21(25-19)14-6-8-24-9-7-14/h1,4-9,11,15H,2-3,10,12-13H2,(H,25,26,28). The minimum atomic E-state index is -0.531. The number of benzene rings is 1. The number of rotatable bonds is 4. The van der Waals surface area contributed by atoms with Gasteiger partial charge in [-0.3, -0.25) is 14.7 Å². The Labute approximate surface area is 161 Å². The van der Waals surface area contributed by atoms with E-state index in [-0.39, 0.29) is 23.6 Å². The van der Waals surface area contributed by atoms with Crippen LogP contribution in [0.15, 0.2) is 53.6 Å². The number of hydrogen-bond donors (Lipinski definition) is 1. The van der Waals surface area contributed by atoms with Crippen LogP contribution in [0.3, 0.4) is 0 Å². The summed E-state index contributed by atoms with van der Waals surface area (Å²) in [5.74, 6) is -0.526. The van der Waals surface area contributed by atoms with Crippen LogP contribution in [0.1, 0.15) is 30.0 Å². The average molecular weight is 382 g/mol. The summed E-state index contributed by atoms with van der Waals surface area (Å²) >= 11 is 0. The minimum absolute atomic E-state index is 0.0338. The molecule has 1 N–H and O–H groups in total. The molecule has 0 aliphatic carbocycles. The van der Waals surface area contributed by atoms with Crippen molar-refractivity contribution in [3.05, 3.63) is 82.0 Å². The molecule has 1 aromatic carbocycles. The number of halogens is 2. The van der Waals surface area contributed by atoms with Crippen molar-refractivity contribution in [3.8, 4) is 11.4 Å². The van der Waals surface area contributed by atoms with E-state index in [0.29, 0.717) is 18.1 Å². The van der Waals surface area contributed by atoms with Gasteiger partial charge in [-0.2, -0.15) is 0 Å². The van der Waals surface area contributed by atoms with E-state index in [4.69, 9.17) is 0 Å². The highest BCUT2D eigenvalue weighted by molar-refractivity contribution is 5.53. The number of nitrogens with zero attached hydrogens (tertiary/aromatic N) is 3. The Morgan fingerprint density at radius 2 is 1.89 bits per heavy atom. The zero-order chi connectivity index (χ0) is 19.5. The zero-order valence-electron chi connectivity index (χ0n) is 15.2. The molecule has 28 heavy (non-hydrogen) atoms. The van der Waals surface area contributed by atoms with Crippen molar-refractivity contribution in [3.63, 3.8) is 0 Å². The fourth-order valence-corrected chi connectivity index (χ4v) is 3.68. The maximum atomic E-state index is 14.0. The first kappa shape index (κ1) is 18.4. The molecule has 0 amide bonds. The van der Waals surface area contributed by atoms with Crippen LogP contribution in [0.4, 0.5) is 8.78 Å². The van der Waals surface area contributed by atoms with Crippen molar-refractivity contribution in [2.24, 2.45) is 0 Å². The van der Waals surface area contributed by atoms with E-state index in [1.165, 1.54) is 24.3 Å². The zero-order valence-corrected chi connectivity index (χ0v) is 15.2. The van der Waals surface area contributed by atoms with E-state index in [1.54, 1.807) is 24.5 Å². The second-order valence-electron chi connectivity index (χ2n) is 7.03. The number of aromatic amines is 1. The van der Waals surface area contributed by atoms with Crippen LogP contribution >= 0.6 is 0 Å². The second kappa shape index (κ2) is 7.98. The molecule has 1 unspecified atom stereocenters. The van der Waals surface area contributed by atoms with Gasteiger partial charge in [0.15, 0.2) is 0 Å². The molecule has 1 aliphatic heterocycles. The van der Waals surface area contributed by atoms with Gasteiger partial charge in [-0.1, -0.05) is 6.07 Å². The molecule has 5 nitrogen and oxygen atoms in total. The first-order valence-corrected chi connectivity index (χ1v) is 9.27. The smallest absolute Gasteiger partial charge is 0.251 e. The summed E-state index contributed by atoms with van der Waals surface area (Å²) in [6.07, 6.45) is 5.04. The SMILES string of the molecule is O=c1cc(C2CCCN(Cc3c(F)cccc3F)C2)nc(-c2ccncc2)[nH]1. The maximum Gasteiger partial charge on any atom is 0.251 e. The van der Waals surface area contributed by atoms with Crippen LogP contribution in [0.5, 0.6) is 0 Å². The molecule has 1 saturated heterocycles. The van der Waals surface area contributed by atoms with Crippen molar-refractivity contribution >= 4 is 0 Å². The summed E-state index contributed by atoms with van der Waals surface area (Å²) in [6, 6.07) is 9.02. The Morgan fingerprint density at radius 1 is 1.14 bits per heavy atom. The molecule has 1 aliphatic rings. The molecule has 3 aromatic rings. The van der Waals surface area contributed by atoms with Gasteiger partial charge < -0.3 is 4.98 Å². The van der Waals surface area contributed by atoms with Crippen LogP contribution < -0.4 is 5.56 Å². The highest BCUT2D eigenvalue weighted by Gasteiger charge is 2.25. The predicted octanol–water partition coefficient (Wildman–Crippen LogP) is 3.49. The normalized spacial score (nSPS) is 17.6. The quantitative estimate of drug-likeness (QED) is 0.750. The van der Waals surface area contributed by atoms with Crippen LogP contribution in [0.2, 0.25) is 0 Å². The van der Waals surface area contributed by atoms with Crippen LogP contribution in [-0.2, 0) is 6.54 Å². The molecule has 2 aromatic heterocycles. The van der Waals surface area contributed by atoms with E-state index in [0.717, 1.165) is 24.9 Å². The molecule has 1 fully saturated rings. The second-order valence-corrected chi connectivity index (χ2v) is 7.03. The molecule has 0 spiro atoms. The summed E-state index contributed by atoms with van der Waals surface area (Å²) in [5.41, 5.74) is 1.36. The fourth-order valence-electron chi connectivity index (χ4n) is 3.68. The van der Waals surface area contributed by atoms with Gasteiger partial charge in [-0.05, 0) is 43.7 Å². The highest BCUT2D eigenvalue weighted by atomic mass is 19.1. The van der Waals surface area contributed by atoms with Gasteiger partial charge in [0.2, 0.25) is 0 Å². The third-order valence-electron chi connectivity index (χ3n) is 5.08. The lowest BCUT2D eigenvalue weighted by molar-refractivity contribution is 0.194. The van der Waals surface area contributed by atoms with E-state index >= 15 is 0 Å². The number of hydrogen-bond acceptors (Lipinski definition) is 4. The van der Waals surface area contributed by atoms with Gasteiger partial charge in [0, 0.05) is 48.6 Å². The Morgan fingerprint density at radius 3 is 2.64 bits per heavy atom. The van der Waals surface area contributed by atoms with Crippen LogP contribution in [-0.4, -0.2) is 32.9 Å². The van der Waals surface area contributed by atoms with Gasteiger partial charge in [0.25, 0.3) is 5.56 Å². The van der Waals surface area contributed by atoms with E-state index in [1.807, 2.05) is 4.90 Å². The van der Waals surface area contributed by atoms with Crippen LogP contribution in [0.25, 0.3) is 11.4 Å². The molecule has 0 radical (unpaired) electrons. The lowest BCUT2D eigenvalue weighted by Crippen LogP contribution is -2.35. The Kier molecular flexibility index (Phi) is 5.25. The first-order chi connectivity index (χ1) is 13.6. The van der Waals surface area contributed by atoms with Gasteiger partial charge in [0.05, 0.1) is 5.69 Å². The molecule has 0 bridgehead atoms. The average Bonchev–Trinajstić information content (AvgIpc) is 2.71. The molecule has 3 heterocycles. The van der Waals surface area contributed by atoms with Gasteiger partial charge in [-0.15, -0.1) is 0 Å². The first-order valence-electron chi connectivity index (χ1n) is 9.27. The molecule has 144 valence electrons. The molecule has 1 atom stereocenters. The monoisotopic (exact) mass is 382 g/mol. The van der Waals surface area contributed by atoms with Crippen molar-refractivity contribution in [2.75, 3.05) is 13.1 Å². The summed E-state index contributed by atoms with van der Waals surface area (Å²) < 4.78 is 28.0. The highest BCUT2D eigenvalue weighted by Crippen LogP contribution is 2.27. The molecule has 0 saturated carbocycles. The number of piperidine rings is 1. The Hall–Kier alpha value is -2.93. The number of aromatic nitrogens is 3. The maximum absolute atomic E-state index is 14.0. The summed E-state index contributed by atoms with van der Waals surface area (Å²) in [7, 11) is 0. The number of H-pyrrole nitrogens is 1.